The Morgan fingerprint density at radius 2 is 2.00 bits per heavy atom. The highest BCUT2D eigenvalue weighted by atomic mass is 19.1. The highest BCUT2D eigenvalue weighted by molar-refractivity contribution is 6.02. The summed E-state index contributed by atoms with van der Waals surface area (Å²) in [4.78, 5) is 40.5. The third kappa shape index (κ3) is 4.10. The van der Waals surface area contributed by atoms with Gasteiger partial charge in [0.25, 0.3) is 11.5 Å². The van der Waals surface area contributed by atoms with Gasteiger partial charge in [-0.05, 0) is 48.9 Å². The van der Waals surface area contributed by atoms with Gasteiger partial charge in [0, 0.05) is 50.9 Å². The van der Waals surface area contributed by atoms with E-state index in [9.17, 15) is 14.0 Å². The molecule has 0 aliphatic carbocycles. The molecule has 1 saturated heterocycles. The van der Waals surface area contributed by atoms with Crippen molar-refractivity contribution in [3.05, 3.63) is 76.2 Å². The first-order valence-corrected chi connectivity index (χ1v) is 11.2. The number of pyridine rings is 3. The molecule has 0 saturated carbocycles. The Labute approximate surface area is 195 Å². The number of carbonyl (C=O) groups is 1. The van der Waals surface area contributed by atoms with Gasteiger partial charge in [-0.3, -0.25) is 19.5 Å². The van der Waals surface area contributed by atoms with Crippen molar-refractivity contribution in [2.24, 2.45) is 0 Å². The smallest absolute Gasteiger partial charge is 0.269 e. The second-order valence-corrected chi connectivity index (χ2v) is 8.63. The van der Waals surface area contributed by atoms with E-state index in [1.165, 1.54) is 12.1 Å². The van der Waals surface area contributed by atoms with Crippen LogP contribution in [0.3, 0.4) is 0 Å². The van der Waals surface area contributed by atoms with Gasteiger partial charge >= 0.3 is 0 Å². The lowest BCUT2D eigenvalue weighted by Crippen LogP contribution is -2.51. The van der Waals surface area contributed by atoms with E-state index < -0.39 is 5.82 Å². The number of H-pyrrole nitrogens is 1. The molecular weight excluding hydrogens is 435 g/mol. The number of aromatic nitrogens is 3. The second kappa shape index (κ2) is 8.83. The number of halogens is 1. The van der Waals surface area contributed by atoms with Gasteiger partial charge in [-0.15, -0.1) is 0 Å². The maximum absolute atomic E-state index is 13.6. The Hall–Kier alpha value is -3.85. The molecule has 9 heteroatoms. The molecule has 1 aliphatic heterocycles. The molecule has 4 aromatic rings. The van der Waals surface area contributed by atoms with Crippen molar-refractivity contribution in [2.75, 3.05) is 31.6 Å². The van der Waals surface area contributed by atoms with Gasteiger partial charge in [0.05, 0.1) is 28.3 Å². The van der Waals surface area contributed by atoms with Gasteiger partial charge in [-0.25, -0.2) is 9.37 Å². The van der Waals surface area contributed by atoms with Gasteiger partial charge in [0.2, 0.25) is 0 Å². The summed E-state index contributed by atoms with van der Waals surface area (Å²) in [6.45, 7) is 5.39. The molecule has 4 heterocycles. The normalized spacial score (nSPS) is 16.8. The van der Waals surface area contributed by atoms with Crippen molar-refractivity contribution in [2.45, 2.75) is 19.5 Å². The maximum atomic E-state index is 13.6. The summed E-state index contributed by atoms with van der Waals surface area (Å²) < 4.78 is 13.6. The number of hydrogen-bond donors (Lipinski definition) is 2. The molecule has 1 fully saturated rings. The third-order valence-corrected chi connectivity index (χ3v) is 6.40. The standard InChI is InChI=1S/C25H25FN6O2/c1-15-13-32(18-4-6-21(28-12-18)25(34)27-2)8-7-31(15)14-16-9-22-23(29-11-16)19-5-3-17(26)10-20(19)24(33)30-22/h3-6,9-12,15H,7-8,13-14H2,1-2H3,(H,27,34)(H,30,33)/t15-/m1/s1. The van der Waals surface area contributed by atoms with Crippen LogP contribution in [0.5, 0.6) is 0 Å². The lowest BCUT2D eigenvalue weighted by Gasteiger charge is -2.41. The Kier molecular flexibility index (Phi) is 5.70. The zero-order valence-corrected chi connectivity index (χ0v) is 19.0. The van der Waals surface area contributed by atoms with Gasteiger partial charge in [0.1, 0.15) is 11.5 Å². The molecule has 1 atom stereocenters. The van der Waals surface area contributed by atoms with Crippen LogP contribution in [0.2, 0.25) is 0 Å². The Balaban J connectivity index is 1.31. The molecule has 3 aromatic heterocycles. The predicted molar refractivity (Wildman–Crippen MR) is 130 cm³/mol. The van der Waals surface area contributed by atoms with Crippen LogP contribution in [0.25, 0.3) is 21.8 Å². The summed E-state index contributed by atoms with van der Waals surface area (Å²) in [6.07, 6.45) is 3.57. The summed E-state index contributed by atoms with van der Waals surface area (Å²) in [7, 11) is 1.59. The van der Waals surface area contributed by atoms with E-state index in [4.69, 9.17) is 0 Å². The van der Waals surface area contributed by atoms with Gasteiger partial charge in [-0.2, -0.15) is 0 Å². The number of nitrogens with zero attached hydrogens (tertiary/aromatic N) is 4. The van der Waals surface area contributed by atoms with E-state index in [2.05, 4.69) is 37.0 Å². The molecule has 2 N–H and O–H groups in total. The highest BCUT2D eigenvalue weighted by Crippen LogP contribution is 2.23. The van der Waals surface area contributed by atoms with Gasteiger partial charge in [0.15, 0.2) is 0 Å². The van der Waals surface area contributed by atoms with Crippen molar-refractivity contribution in [3.63, 3.8) is 0 Å². The van der Waals surface area contributed by atoms with Crippen LogP contribution in [0, 0.1) is 5.82 Å². The van der Waals surface area contributed by atoms with Crippen LogP contribution in [0.4, 0.5) is 10.1 Å². The van der Waals surface area contributed by atoms with Gasteiger partial charge < -0.3 is 15.2 Å². The van der Waals surface area contributed by atoms with E-state index >= 15 is 0 Å². The second-order valence-electron chi connectivity index (χ2n) is 8.63. The zero-order valence-electron chi connectivity index (χ0n) is 19.0. The lowest BCUT2D eigenvalue weighted by molar-refractivity contribution is 0.0958. The first-order valence-electron chi connectivity index (χ1n) is 11.2. The number of fused-ring (bicyclic) bond motifs is 3. The highest BCUT2D eigenvalue weighted by Gasteiger charge is 2.24. The van der Waals surface area contributed by atoms with Crippen LogP contribution in [-0.4, -0.2) is 58.5 Å². The predicted octanol–water partition coefficient (Wildman–Crippen LogP) is 2.68. The average molecular weight is 461 g/mol. The lowest BCUT2D eigenvalue weighted by atomic mass is 10.1. The maximum Gasteiger partial charge on any atom is 0.269 e. The topological polar surface area (TPSA) is 94.2 Å². The SMILES string of the molecule is CNC(=O)c1ccc(N2CCN(Cc3cnc4c(c3)[nH]c(=O)c3cc(F)ccc34)[C@H](C)C2)cn1. The number of benzene rings is 1. The molecule has 174 valence electrons. The number of rotatable bonds is 4. The minimum absolute atomic E-state index is 0.199. The summed E-state index contributed by atoms with van der Waals surface area (Å²) in [5.74, 6) is -0.643. The minimum atomic E-state index is -0.444. The van der Waals surface area contributed by atoms with Crippen LogP contribution < -0.4 is 15.8 Å². The number of aromatic amines is 1. The van der Waals surface area contributed by atoms with Crippen molar-refractivity contribution >= 4 is 33.4 Å². The van der Waals surface area contributed by atoms with Crippen LogP contribution >= 0.6 is 0 Å². The molecule has 0 radical (unpaired) electrons. The molecule has 5 rings (SSSR count). The molecular formula is C25H25FN6O2. The molecule has 1 amide bonds. The number of amides is 1. The zero-order chi connectivity index (χ0) is 23.8. The molecule has 34 heavy (non-hydrogen) atoms. The summed E-state index contributed by atoms with van der Waals surface area (Å²) >= 11 is 0. The number of carbonyl (C=O) groups excluding carboxylic acids is 1. The molecule has 0 bridgehead atoms. The molecule has 8 nitrogen and oxygen atoms in total. The van der Waals surface area contributed by atoms with E-state index in [0.717, 1.165) is 30.9 Å². The molecule has 1 aliphatic rings. The fourth-order valence-corrected chi connectivity index (χ4v) is 4.54. The van der Waals surface area contributed by atoms with Crippen molar-refractivity contribution in [3.8, 4) is 0 Å². The van der Waals surface area contributed by atoms with Crippen LogP contribution in [0.15, 0.2) is 53.6 Å². The molecule has 0 spiro atoms. The summed E-state index contributed by atoms with van der Waals surface area (Å²) in [5.41, 5.74) is 3.38. The van der Waals surface area contributed by atoms with Crippen molar-refractivity contribution < 1.29 is 9.18 Å². The van der Waals surface area contributed by atoms with E-state index in [1.54, 1.807) is 25.4 Å². The van der Waals surface area contributed by atoms with Crippen molar-refractivity contribution in [1.29, 1.82) is 0 Å². The number of piperazine rings is 1. The van der Waals surface area contributed by atoms with E-state index in [-0.39, 0.29) is 17.5 Å². The minimum Gasteiger partial charge on any atom is -0.367 e. The summed E-state index contributed by atoms with van der Waals surface area (Å²) in [5, 5.41) is 3.52. The number of nitrogens with one attached hydrogen (secondary N) is 2. The Morgan fingerprint density at radius 1 is 1.15 bits per heavy atom. The van der Waals surface area contributed by atoms with Crippen LogP contribution in [0.1, 0.15) is 23.0 Å². The fraction of sp³-hybridized carbons (Fsp3) is 0.280. The van der Waals surface area contributed by atoms with E-state index in [0.29, 0.717) is 34.0 Å². The first kappa shape index (κ1) is 22.0. The van der Waals surface area contributed by atoms with Crippen LogP contribution in [-0.2, 0) is 6.54 Å². The van der Waals surface area contributed by atoms with E-state index in [1.807, 2.05) is 18.3 Å². The third-order valence-electron chi connectivity index (χ3n) is 6.40. The number of anilines is 1. The average Bonchev–Trinajstić information content (AvgIpc) is 2.85. The monoisotopic (exact) mass is 460 g/mol. The number of hydrogen-bond acceptors (Lipinski definition) is 6. The largest absolute Gasteiger partial charge is 0.367 e. The molecule has 0 unspecified atom stereocenters. The van der Waals surface area contributed by atoms with Crippen molar-refractivity contribution in [1.82, 2.24) is 25.2 Å². The van der Waals surface area contributed by atoms with Gasteiger partial charge in [-0.1, -0.05) is 0 Å². The molecule has 1 aromatic carbocycles. The Bertz CT molecular complexity index is 1440. The fourth-order valence-electron chi connectivity index (χ4n) is 4.54. The quantitative estimate of drug-likeness (QED) is 0.455. The Morgan fingerprint density at radius 3 is 2.74 bits per heavy atom. The first-order chi connectivity index (χ1) is 16.4. The summed E-state index contributed by atoms with van der Waals surface area (Å²) in [6, 6.07) is 10.1.